The van der Waals surface area contributed by atoms with Crippen molar-refractivity contribution >= 4 is 101 Å². The number of amides is 1. The zero-order valence-electron chi connectivity index (χ0n) is 75.9. The summed E-state index contributed by atoms with van der Waals surface area (Å²) in [5.41, 5.74) is 27.6. The topological polar surface area (TPSA) is 163 Å². The third-order valence-corrected chi connectivity index (χ3v) is 23.5. The molecular formula is C108H123N15O3. The molecule has 1 amide bonds. The number of aromatic nitrogens is 7. The number of anilines is 7. The fraction of sp³-hybridized carbons (Fsp3) is 0.269. The van der Waals surface area contributed by atoms with Crippen molar-refractivity contribution in [2.24, 2.45) is 0 Å². The Labute approximate surface area is 744 Å². The van der Waals surface area contributed by atoms with Crippen LogP contribution >= 0.6 is 0 Å². The summed E-state index contributed by atoms with van der Waals surface area (Å²) in [7, 11) is 17.0. The summed E-state index contributed by atoms with van der Waals surface area (Å²) >= 11 is 0. The van der Waals surface area contributed by atoms with Crippen LogP contribution in [0.5, 0.6) is 0 Å². The Bertz CT molecular complexity index is 6280. The number of rotatable bonds is 33. The highest BCUT2D eigenvalue weighted by atomic mass is 16.2. The zero-order chi connectivity index (χ0) is 88.8. The lowest BCUT2D eigenvalue weighted by Gasteiger charge is -2.13. The molecule has 0 fully saturated rings. The molecule has 0 radical (unpaired) electrons. The highest BCUT2D eigenvalue weighted by Crippen LogP contribution is 2.35. The maximum atomic E-state index is 12.7. The molecule has 0 aliphatic carbocycles. The lowest BCUT2D eigenvalue weighted by atomic mass is 10.0. The first-order chi connectivity index (χ1) is 60.9. The van der Waals surface area contributed by atoms with E-state index in [0.717, 1.165) is 141 Å². The van der Waals surface area contributed by atoms with Crippen molar-refractivity contribution in [3.63, 3.8) is 0 Å². The van der Waals surface area contributed by atoms with E-state index in [1.807, 2.05) is 163 Å². The number of nitrogens with one attached hydrogen (secondary N) is 4. The lowest BCUT2D eigenvalue weighted by molar-refractivity contribution is 0.0984. The molecule has 126 heavy (non-hydrogen) atoms. The van der Waals surface area contributed by atoms with Gasteiger partial charge in [-0.25, -0.2) is 0 Å². The second kappa shape index (κ2) is 43.4. The van der Waals surface area contributed by atoms with Crippen molar-refractivity contribution < 1.29 is 14.4 Å². The van der Waals surface area contributed by atoms with Crippen molar-refractivity contribution in [2.75, 3.05) is 104 Å². The van der Waals surface area contributed by atoms with Gasteiger partial charge in [-0.2, -0.15) is 5.10 Å². The zero-order valence-corrected chi connectivity index (χ0v) is 75.9. The van der Waals surface area contributed by atoms with Gasteiger partial charge in [0, 0.05) is 187 Å². The van der Waals surface area contributed by atoms with Crippen LogP contribution in [0.4, 0.5) is 39.8 Å². The maximum absolute atomic E-state index is 12.7. The molecule has 6 heterocycles. The number of hydrogen-bond donors (Lipinski definition) is 4. The second-order valence-corrected chi connectivity index (χ2v) is 34.1. The summed E-state index contributed by atoms with van der Waals surface area (Å²) < 4.78 is 11.7. The fourth-order valence-corrected chi connectivity index (χ4v) is 16.3. The van der Waals surface area contributed by atoms with Crippen molar-refractivity contribution in [2.45, 2.75) is 113 Å². The number of carbonyl (C=O) groups excluding carboxylic acids is 3. The molecule has 0 atom stereocenters. The van der Waals surface area contributed by atoms with Crippen LogP contribution < -0.4 is 21.3 Å². The molecule has 10 aromatic carbocycles. The van der Waals surface area contributed by atoms with Crippen molar-refractivity contribution in [1.29, 1.82) is 0 Å². The molecule has 16 aromatic rings. The number of Topliss-reactive ketones (excluding diaryl/α,β-unsaturated/α-hetero) is 2. The third kappa shape index (κ3) is 24.2. The monoisotopic (exact) mass is 1680 g/mol. The Hall–Kier alpha value is -13.2. The molecule has 18 nitrogen and oxygen atoms in total. The maximum Gasteiger partial charge on any atom is 0.255 e. The Morgan fingerprint density at radius 1 is 0.349 bits per heavy atom. The van der Waals surface area contributed by atoms with Crippen LogP contribution in [-0.4, -0.2) is 153 Å². The summed E-state index contributed by atoms with van der Waals surface area (Å²) in [6.07, 6.45) is 15.1. The molecule has 16 rings (SSSR count). The van der Waals surface area contributed by atoms with Crippen molar-refractivity contribution in [3.05, 3.63) is 353 Å². The van der Waals surface area contributed by atoms with Crippen LogP contribution in [0.1, 0.15) is 107 Å². The minimum Gasteiger partial charge on any atom is -0.356 e. The molecule has 6 aromatic heterocycles. The molecule has 0 unspecified atom stereocenters. The van der Waals surface area contributed by atoms with Gasteiger partial charge >= 0.3 is 0 Å². The molecule has 4 N–H and O–H groups in total. The predicted octanol–water partition coefficient (Wildman–Crippen LogP) is 22.9. The fourth-order valence-electron chi connectivity index (χ4n) is 16.3. The van der Waals surface area contributed by atoms with E-state index < -0.39 is 0 Å². The summed E-state index contributed by atoms with van der Waals surface area (Å²) in [6, 6.07) is 85.1. The first-order valence-corrected chi connectivity index (χ1v) is 44.0. The average molecular weight is 1680 g/mol. The van der Waals surface area contributed by atoms with E-state index in [1.54, 1.807) is 12.4 Å². The first-order valence-electron chi connectivity index (χ1n) is 44.0. The third-order valence-electron chi connectivity index (χ3n) is 23.5. The number of nitrogens with zero attached hydrogens (tertiary/aromatic N) is 11. The Kier molecular flexibility index (Phi) is 31.2. The molecule has 648 valence electrons. The van der Waals surface area contributed by atoms with E-state index in [2.05, 4.69) is 283 Å². The van der Waals surface area contributed by atoms with Crippen LogP contribution in [0.2, 0.25) is 0 Å². The van der Waals surface area contributed by atoms with Crippen LogP contribution in [0, 0.1) is 41.5 Å². The number of benzene rings is 10. The van der Waals surface area contributed by atoms with Gasteiger partial charge in [-0.15, -0.1) is 0 Å². The number of fused-ring (bicyclic) bond motifs is 4. The molecule has 18 heteroatoms. The highest BCUT2D eigenvalue weighted by Gasteiger charge is 2.19. The van der Waals surface area contributed by atoms with E-state index in [4.69, 9.17) is 0 Å². The van der Waals surface area contributed by atoms with Crippen LogP contribution in [0.25, 0.3) is 54.7 Å². The summed E-state index contributed by atoms with van der Waals surface area (Å²) in [5, 5.41) is 23.1. The largest absolute Gasteiger partial charge is 0.356 e. The minimum atomic E-state index is -0.124. The van der Waals surface area contributed by atoms with E-state index >= 15 is 0 Å². The Morgan fingerprint density at radius 2 is 0.770 bits per heavy atom. The van der Waals surface area contributed by atoms with Gasteiger partial charge in [-0.05, 0) is 346 Å². The smallest absolute Gasteiger partial charge is 0.255 e. The SMILES string of the molecule is CN(C)CCCn1ccc2cc(Nc3ccc(C(=O)Cc4cccnc4)cc3)ccc21.Cc1c(C)n(CCCN(C)C)c2ccc(-c3cnn(Cc4ccccc4)c3)cc12.Cc1c(C)n(CCCN(C)C)c2ccc(Nc3ccc(C(=O)Cc4ccccc4)cc3)cc12.Cc1c(C)n(CCCN(C)C)c2ccc(Nc3cccc(C(=O)Nc4ccccc4)c3)cc12. The van der Waals surface area contributed by atoms with Crippen molar-refractivity contribution in [3.8, 4) is 11.1 Å². The van der Waals surface area contributed by atoms with E-state index in [9.17, 15) is 14.4 Å². The van der Waals surface area contributed by atoms with E-state index in [0.29, 0.717) is 24.0 Å². The number of carbonyl (C=O) groups is 3. The molecule has 0 saturated heterocycles. The molecule has 0 bridgehead atoms. The molecule has 0 aliphatic heterocycles. The van der Waals surface area contributed by atoms with Crippen LogP contribution in [-0.2, 0) is 45.6 Å². The predicted molar refractivity (Wildman–Crippen MR) is 526 cm³/mol. The summed E-state index contributed by atoms with van der Waals surface area (Å²) in [5.74, 6) is 0.106. The number of aryl methyl sites for hydroxylation is 7. The quantitative estimate of drug-likeness (QED) is 0.0289. The van der Waals surface area contributed by atoms with Gasteiger partial charge in [-0.3, -0.25) is 24.0 Å². The summed E-state index contributed by atoms with van der Waals surface area (Å²) in [4.78, 5) is 50.7. The van der Waals surface area contributed by atoms with E-state index in [1.165, 1.54) is 94.1 Å². The van der Waals surface area contributed by atoms with Gasteiger partial charge in [0.25, 0.3) is 5.91 Å². The molecule has 0 saturated carbocycles. The van der Waals surface area contributed by atoms with Crippen LogP contribution in [0.15, 0.2) is 286 Å². The molecular weight excluding hydrogens is 1560 g/mol. The molecule has 0 aliphatic rings. The minimum absolute atomic E-state index is 0.0941. The average Bonchev–Trinajstić information content (AvgIpc) is 1.63. The number of pyridine rings is 1. The van der Waals surface area contributed by atoms with Gasteiger partial charge in [0.1, 0.15) is 0 Å². The number of ketones is 2. The highest BCUT2D eigenvalue weighted by molar-refractivity contribution is 6.05. The Morgan fingerprint density at radius 3 is 1.27 bits per heavy atom. The van der Waals surface area contributed by atoms with Crippen molar-refractivity contribution in [1.82, 2.24) is 52.6 Å². The second-order valence-electron chi connectivity index (χ2n) is 34.1. The molecule has 0 spiro atoms. The normalized spacial score (nSPS) is 11.3. The van der Waals surface area contributed by atoms with Gasteiger partial charge in [0.2, 0.25) is 0 Å². The van der Waals surface area contributed by atoms with Crippen LogP contribution in [0.3, 0.4) is 0 Å². The Balaban J connectivity index is 0.000000144. The first kappa shape index (κ1) is 90.5. The number of para-hydroxylation sites is 1. The lowest BCUT2D eigenvalue weighted by Crippen LogP contribution is -2.15. The van der Waals surface area contributed by atoms with Gasteiger partial charge in [-0.1, -0.05) is 97.1 Å². The van der Waals surface area contributed by atoms with Gasteiger partial charge in [0.05, 0.1) is 12.7 Å². The number of hydrogen-bond acceptors (Lipinski definition) is 12. The standard InChI is InChI=1S/C29H33N3O.C28H32N4O.C26H28N4O.C25H30N4/c1-21-22(2)32(18-8-17-31(3)4)28-16-15-26(20-27(21)28)30-25-13-11-24(12-14-25)29(33)19-23-9-6-5-7-10-23;1-20-21(2)32(17-9-16-31(3)4)27-15-14-25(19-26(20)27)29-24-13-8-10-22(18-24)28(33)30-23-11-6-5-7-12-23;1-29(2)14-4-15-30-16-12-22-18-24(10-11-25(22)30)28-23-8-6-21(7-9-23)26(31)17-20-5-3-13-27-19-20;1-19-20(2)29(14-8-13-27(3)4)25-12-11-22(15-24(19)25)23-16-26-28(18-23)17-21-9-6-5-7-10-21/h5-7,9-16,20,30H,8,17-19H2,1-4H3;5-8,10-15,18-19,29H,9,16-17H2,1-4H3,(H,30,33);3,5-13,16,18-19,28H,4,14-15,17H2,1-2H3;5-7,9-12,15-16,18H,8,13-14,17H2,1-4H3. The van der Waals surface area contributed by atoms with Gasteiger partial charge in [0.15, 0.2) is 11.6 Å². The van der Waals surface area contributed by atoms with Gasteiger partial charge < -0.3 is 59.1 Å². The van der Waals surface area contributed by atoms with E-state index in [-0.39, 0.29) is 17.5 Å². The summed E-state index contributed by atoms with van der Waals surface area (Å²) in [6.45, 7) is 22.6.